The molecule has 0 bridgehead atoms. The molecule has 3 rings (SSSR count). The van der Waals surface area contributed by atoms with Crippen LogP contribution in [0.1, 0.15) is 5.56 Å². The third-order valence-corrected chi connectivity index (χ3v) is 5.64. The monoisotopic (exact) mass is 333 g/mol. The minimum Gasteiger partial charge on any atom is -0.334 e. The van der Waals surface area contributed by atoms with Crippen molar-refractivity contribution in [3.8, 4) is 0 Å². The fraction of sp³-hybridized carbons (Fsp3) is 0.188. The van der Waals surface area contributed by atoms with Crippen LogP contribution in [0.2, 0.25) is 0 Å². The van der Waals surface area contributed by atoms with Crippen LogP contribution < -0.4 is 4.31 Å². The summed E-state index contributed by atoms with van der Waals surface area (Å²) in [6, 6.07) is 9.02. The highest BCUT2D eigenvalue weighted by Crippen LogP contribution is 2.26. The number of hydrogen-bond acceptors (Lipinski definition) is 3. The Morgan fingerprint density at radius 3 is 2.61 bits per heavy atom. The van der Waals surface area contributed by atoms with Crippen molar-refractivity contribution < 1.29 is 12.8 Å². The predicted octanol–water partition coefficient (Wildman–Crippen LogP) is 2.85. The maximum atomic E-state index is 13.4. The van der Waals surface area contributed by atoms with E-state index in [-0.39, 0.29) is 4.90 Å². The molecule has 0 aliphatic carbocycles. The van der Waals surface area contributed by atoms with Crippen molar-refractivity contribution in [3.05, 3.63) is 54.1 Å². The summed E-state index contributed by atoms with van der Waals surface area (Å²) in [5.41, 5.74) is 2.41. The number of imidazole rings is 1. The average molecular weight is 333 g/mol. The molecule has 0 spiro atoms. The Morgan fingerprint density at radius 1 is 1.17 bits per heavy atom. The first-order valence-corrected chi connectivity index (χ1v) is 8.41. The van der Waals surface area contributed by atoms with Crippen molar-refractivity contribution in [2.45, 2.75) is 11.8 Å². The van der Waals surface area contributed by atoms with Gasteiger partial charge in [0.15, 0.2) is 0 Å². The van der Waals surface area contributed by atoms with Crippen molar-refractivity contribution >= 4 is 26.7 Å². The van der Waals surface area contributed by atoms with E-state index in [1.807, 2.05) is 17.7 Å². The fourth-order valence-electron chi connectivity index (χ4n) is 2.39. The highest BCUT2D eigenvalue weighted by atomic mass is 32.2. The summed E-state index contributed by atoms with van der Waals surface area (Å²) in [4.78, 5) is 4.29. The van der Waals surface area contributed by atoms with Gasteiger partial charge in [-0.1, -0.05) is 0 Å². The lowest BCUT2D eigenvalue weighted by Gasteiger charge is -2.20. The number of anilines is 1. The molecule has 0 aliphatic heterocycles. The van der Waals surface area contributed by atoms with Gasteiger partial charge in [0.05, 0.1) is 27.9 Å². The normalized spacial score (nSPS) is 11.8. The first kappa shape index (κ1) is 15.5. The smallest absolute Gasteiger partial charge is 0.264 e. The zero-order valence-corrected chi connectivity index (χ0v) is 13.8. The van der Waals surface area contributed by atoms with E-state index in [0.29, 0.717) is 16.8 Å². The molecule has 23 heavy (non-hydrogen) atoms. The number of aryl methyl sites for hydroxylation is 2. The molecule has 0 atom stereocenters. The van der Waals surface area contributed by atoms with E-state index in [1.165, 1.54) is 30.4 Å². The maximum absolute atomic E-state index is 13.4. The second kappa shape index (κ2) is 5.34. The summed E-state index contributed by atoms with van der Waals surface area (Å²) in [6.07, 6.45) is 1.67. The molecule has 1 heterocycles. The number of fused-ring (bicyclic) bond motifs is 1. The minimum absolute atomic E-state index is 0.0556. The lowest BCUT2D eigenvalue weighted by atomic mass is 10.2. The van der Waals surface area contributed by atoms with Crippen LogP contribution in [0.4, 0.5) is 10.1 Å². The van der Waals surface area contributed by atoms with Crippen LogP contribution >= 0.6 is 0 Å². The Hall–Kier alpha value is -2.41. The first-order chi connectivity index (χ1) is 10.8. The quantitative estimate of drug-likeness (QED) is 0.740. The van der Waals surface area contributed by atoms with Crippen LogP contribution in [0.3, 0.4) is 0 Å². The Morgan fingerprint density at radius 2 is 1.91 bits per heavy atom. The molecule has 120 valence electrons. The van der Waals surface area contributed by atoms with E-state index >= 15 is 0 Å². The van der Waals surface area contributed by atoms with E-state index in [4.69, 9.17) is 0 Å². The van der Waals surface area contributed by atoms with E-state index in [0.717, 1.165) is 11.6 Å². The van der Waals surface area contributed by atoms with Gasteiger partial charge >= 0.3 is 0 Å². The van der Waals surface area contributed by atoms with Crippen LogP contribution in [-0.2, 0) is 17.1 Å². The fourth-order valence-corrected chi connectivity index (χ4v) is 3.67. The predicted molar refractivity (Wildman–Crippen MR) is 87.4 cm³/mol. The molecule has 7 heteroatoms. The zero-order valence-electron chi connectivity index (χ0n) is 13.0. The summed E-state index contributed by atoms with van der Waals surface area (Å²) in [5.74, 6) is -0.429. The molecule has 0 N–H and O–H groups in total. The number of rotatable bonds is 3. The topological polar surface area (TPSA) is 55.2 Å². The molecule has 2 aromatic carbocycles. The molecule has 0 saturated heterocycles. The van der Waals surface area contributed by atoms with Gasteiger partial charge in [-0.3, -0.25) is 4.31 Å². The third-order valence-electron chi connectivity index (χ3n) is 3.86. The molecule has 0 radical (unpaired) electrons. The average Bonchev–Trinajstić information content (AvgIpc) is 2.90. The Balaban J connectivity index is 2.05. The highest BCUT2D eigenvalue weighted by molar-refractivity contribution is 7.92. The van der Waals surface area contributed by atoms with Gasteiger partial charge in [0.2, 0.25) is 0 Å². The Kier molecular flexibility index (Phi) is 3.60. The van der Waals surface area contributed by atoms with E-state index in [9.17, 15) is 12.8 Å². The van der Waals surface area contributed by atoms with Gasteiger partial charge < -0.3 is 4.57 Å². The molecule has 1 aromatic heterocycles. The van der Waals surface area contributed by atoms with E-state index in [1.54, 1.807) is 18.5 Å². The largest absolute Gasteiger partial charge is 0.334 e. The van der Waals surface area contributed by atoms with E-state index in [2.05, 4.69) is 4.98 Å². The molecular formula is C16H16FN3O2S. The Bertz CT molecular complexity index is 996. The number of nitrogens with zero attached hydrogens (tertiary/aromatic N) is 3. The van der Waals surface area contributed by atoms with Gasteiger partial charge in [-0.2, -0.15) is 0 Å². The van der Waals surface area contributed by atoms with Crippen LogP contribution in [-0.4, -0.2) is 25.0 Å². The second-order valence-electron chi connectivity index (χ2n) is 5.41. The lowest BCUT2D eigenvalue weighted by molar-refractivity contribution is 0.592. The number of halogens is 1. The molecule has 5 nitrogen and oxygen atoms in total. The summed E-state index contributed by atoms with van der Waals surface area (Å²) in [7, 11) is -0.419. The zero-order chi connectivity index (χ0) is 16.8. The molecule has 3 aromatic rings. The van der Waals surface area contributed by atoms with Crippen molar-refractivity contribution in [3.63, 3.8) is 0 Å². The van der Waals surface area contributed by atoms with Crippen LogP contribution in [0.15, 0.2) is 47.6 Å². The van der Waals surface area contributed by atoms with Crippen molar-refractivity contribution in [2.24, 2.45) is 7.05 Å². The van der Waals surface area contributed by atoms with Crippen LogP contribution in [0.25, 0.3) is 11.0 Å². The molecule has 0 fully saturated rings. The van der Waals surface area contributed by atoms with Gasteiger partial charge in [0.25, 0.3) is 10.0 Å². The van der Waals surface area contributed by atoms with Crippen molar-refractivity contribution in [1.82, 2.24) is 9.55 Å². The summed E-state index contributed by atoms with van der Waals surface area (Å²) in [5, 5.41) is 0. The highest BCUT2D eigenvalue weighted by Gasteiger charge is 2.22. The number of aromatic nitrogens is 2. The molecular weight excluding hydrogens is 317 g/mol. The van der Waals surface area contributed by atoms with Crippen molar-refractivity contribution in [1.29, 1.82) is 0 Å². The van der Waals surface area contributed by atoms with Gasteiger partial charge in [0.1, 0.15) is 5.82 Å². The molecule has 0 aliphatic rings. The van der Waals surface area contributed by atoms with Crippen LogP contribution in [0, 0.1) is 12.7 Å². The summed E-state index contributed by atoms with van der Waals surface area (Å²) < 4.78 is 41.8. The second-order valence-corrected chi connectivity index (χ2v) is 7.38. The van der Waals surface area contributed by atoms with Gasteiger partial charge in [-0.25, -0.2) is 17.8 Å². The van der Waals surface area contributed by atoms with Gasteiger partial charge in [-0.05, 0) is 48.9 Å². The van der Waals surface area contributed by atoms with E-state index < -0.39 is 15.8 Å². The first-order valence-electron chi connectivity index (χ1n) is 6.97. The third kappa shape index (κ3) is 2.57. The maximum Gasteiger partial charge on any atom is 0.264 e. The van der Waals surface area contributed by atoms with Gasteiger partial charge in [0, 0.05) is 14.1 Å². The van der Waals surface area contributed by atoms with Gasteiger partial charge in [-0.15, -0.1) is 0 Å². The number of hydrogen-bond donors (Lipinski definition) is 0. The number of benzene rings is 2. The van der Waals surface area contributed by atoms with Crippen molar-refractivity contribution in [2.75, 3.05) is 11.4 Å². The molecule has 0 amide bonds. The lowest BCUT2D eigenvalue weighted by Crippen LogP contribution is -2.26. The SMILES string of the molecule is Cc1cc(S(=O)(=O)N(C)c2ccc3c(c2)ncn3C)ccc1F. The molecule has 0 unspecified atom stereocenters. The Labute approximate surface area is 134 Å². The summed E-state index contributed by atoms with van der Waals surface area (Å²) >= 11 is 0. The molecule has 0 saturated carbocycles. The number of sulfonamides is 1. The minimum atomic E-state index is -3.76. The standard InChI is InChI=1S/C16H16FN3O2S/c1-11-8-13(5-6-14(11)17)23(21,22)20(3)12-4-7-16-15(9-12)18-10-19(16)2/h4-10H,1-3H3. The van der Waals surface area contributed by atoms with Crippen LogP contribution in [0.5, 0.6) is 0 Å². The summed E-state index contributed by atoms with van der Waals surface area (Å²) in [6.45, 7) is 1.54.